The molecular weight excluding hydrogens is 1240 g/mol. The van der Waals surface area contributed by atoms with Crippen molar-refractivity contribution in [3.8, 4) is 51.7 Å². The van der Waals surface area contributed by atoms with Crippen LogP contribution < -0.4 is 42.6 Å². The molecule has 0 unspecified atom stereocenters. The number of aryl methyl sites for hydroxylation is 1. The first-order valence-electron chi connectivity index (χ1n) is 29.0. The summed E-state index contributed by atoms with van der Waals surface area (Å²) in [5.41, 5.74) is 3.47. The lowest BCUT2D eigenvalue weighted by Crippen LogP contribution is -2.16. The first kappa shape index (κ1) is 71.8. The van der Waals surface area contributed by atoms with Crippen LogP contribution in [-0.2, 0) is 42.8 Å². The molecule has 0 aromatic heterocycles. The second-order valence-corrected chi connectivity index (χ2v) is 19.2. The van der Waals surface area contributed by atoms with Crippen molar-refractivity contribution in [1.82, 2.24) is 0 Å². The van der Waals surface area contributed by atoms with E-state index < -0.39 is 48.1 Å². The Morgan fingerprint density at radius 3 is 1.18 bits per heavy atom. The normalized spacial score (nSPS) is 10.2. The predicted molar refractivity (Wildman–Crippen MR) is 340 cm³/mol. The third kappa shape index (κ3) is 26.2. The smallest absolute Gasteiger partial charge is 0.494 e. The zero-order chi connectivity index (χ0) is 68.2. The summed E-state index contributed by atoms with van der Waals surface area (Å²) in [6.45, 7) is 15.7. The molecule has 0 spiro atoms. The molecule has 7 aromatic rings. The maximum absolute atomic E-state index is 12.7. The number of carbonyl (C=O) groups excluding carboxylic acids is 8. The highest BCUT2D eigenvalue weighted by molar-refractivity contribution is 5.94. The van der Waals surface area contributed by atoms with Crippen molar-refractivity contribution in [3.63, 3.8) is 0 Å². The van der Waals surface area contributed by atoms with E-state index in [1.807, 2.05) is 36.4 Å². The van der Waals surface area contributed by atoms with Gasteiger partial charge in [-0.05, 0) is 201 Å². The molecule has 0 aliphatic heterocycles. The van der Waals surface area contributed by atoms with Crippen molar-refractivity contribution in [2.45, 2.75) is 32.6 Å². The number of ether oxygens (including phenoxy) is 15. The predicted octanol–water partition coefficient (Wildman–Crippen LogP) is 12.6. The Hall–Kier alpha value is -12.3. The van der Waals surface area contributed by atoms with Crippen LogP contribution >= 0.6 is 0 Å². The summed E-state index contributed by atoms with van der Waals surface area (Å²) in [6.07, 6.45) is 3.90. The fourth-order valence-electron chi connectivity index (χ4n) is 7.59. The number of benzene rings is 7. The number of hydrogen-bond acceptors (Lipinski definition) is 24. The molecule has 1 N–H and O–H groups in total. The SMILES string of the molecule is C=C=C(O)OCCCCOc1ccc(OCOc2ccc3cc(OC(=O)c4ccc(OCCCCOC(=O)C=C)cc4)ccc3c2)cc1.C=CC(=O)OCCOC(=O)Oc1ccc(C(=O)Oc2ccc(OC(=O)c3ccc(OC(=O)OCCOC(=O)C=C)cc3)c(C)c2)cc1. The number of rotatable bonds is 34. The number of carbonyl (C=O) groups is 8. The van der Waals surface area contributed by atoms with E-state index in [0.717, 1.165) is 47.6 Å². The molecule has 7 rings (SSSR count). The third-order valence-corrected chi connectivity index (χ3v) is 12.3. The summed E-state index contributed by atoms with van der Waals surface area (Å²) in [7, 11) is 0. The molecule has 0 fully saturated rings. The molecule has 0 atom stereocenters. The number of hydrogen-bond donors (Lipinski definition) is 1. The van der Waals surface area contributed by atoms with E-state index in [9.17, 15) is 38.4 Å². The summed E-state index contributed by atoms with van der Waals surface area (Å²) in [6, 6.07) is 40.3. The first-order chi connectivity index (χ1) is 46.0. The van der Waals surface area contributed by atoms with Gasteiger partial charge in [-0.2, -0.15) is 0 Å². The van der Waals surface area contributed by atoms with Gasteiger partial charge < -0.3 is 76.2 Å². The van der Waals surface area contributed by atoms with Gasteiger partial charge in [-0.15, -0.1) is 0 Å². The van der Waals surface area contributed by atoms with Gasteiger partial charge in [0.2, 0.25) is 6.79 Å². The largest absolute Gasteiger partial charge is 0.513 e. The lowest BCUT2D eigenvalue weighted by molar-refractivity contribution is -0.139. The van der Waals surface area contributed by atoms with E-state index >= 15 is 0 Å². The van der Waals surface area contributed by atoms with Gasteiger partial charge in [0.05, 0.1) is 43.1 Å². The molecule has 0 amide bonds. The summed E-state index contributed by atoms with van der Waals surface area (Å²) in [5.74, 6) is -0.295. The van der Waals surface area contributed by atoms with Gasteiger partial charge in [0, 0.05) is 18.2 Å². The van der Waals surface area contributed by atoms with Crippen molar-refractivity contribution in [3.05, 3.63) is 230 Å². The molecule has 0 aliphatic carbocycles. The van der Waals surface area contributed by atoms with Crippen molar-refractivity contribution in [1.29, 1.82) is 0 Å². The van der Waals surface area contributed by atoms with Gasteiger partial charge in [0.1, 0.15) is 78.2 Å². The minimum Gasteiger partial charge on any atom is -0.494 e. The molecule has 0 saturated carbocycles. The maximum atomic E-state index is 12.7. The Kier molecular flexibility index (Phi) is 29.5. The Morgan fingerprint density at radius 2 is 0.716 bits per heavy atom. The Labute approximate surface area is 545 Å². The lowest BCUT2D eigenvalue weighted by atomic mass is 10.1. The van der Waals surface area contributed by atoms with E-state index in [-0.39, 0.29) is 73.3 Å². The lowest BCUT2D eigenvalue weighted by Gasteiger charge is -2.11. The van der Waals surface area contributed by atoms with Crippen LogP contribution in [0, 0.1) is 6.92 Å². The molecular formula is C71H66O24. The van der Waals surface area contributed by atoms with E-state index in [0.29, 0.717) is 73.4 Å². The van der Waals surface area contributed by atoms with Crippen LogP contribution in [0.3, 0.4) is 0 Å². The van der Waals surface area contributed by atoms with Crippen molar-refractivity contribution >= 4 is 58.9 Å². The number of unbranched alkanes of at least 4 members (excludes halogenated alkanes) is 2. The third-order valence-electron chi connectivity index (χ3n) is 12.3. The van der Waals surface area contributed by atoms with Crippen molar-refractivity contribution in [2.24, 2.45) is 0 Å². The van der Waals surface area contributed by atoms with E-state index in [1.54, 1.807) is 55.5 Å². The number of fused-ring (bicyclic) bond motifs is 1. The van der Waals surface area contributed by atoms with Gasteiger partial charge >= 0.3 is 54.1 Å². The summed E-state index contributed by atoms with van der Waals surface area (Å²) in [5, 5.41) is 10.9. The molecule has 0 heterocycles. The van der Waals surface area contributed by atoms with Crippen LogP contribution in [0.1, 0.15) is 62.3 Å². The topological polar surface area (TPSA) is 295 Å². The molecule has 24 nitrogen and oxygen atoms in total. The van der Waals surface area contributed by atoms with Crippen molar-refractivity contribution in [2.75, 3.05) is 59.6 Å². The second-order valence-electron chi connectivity index (χ2n) is 19.2. The van der Waals surface area contributed by atoms with Gasteiger partial charge in [-0.25, -0.2) is 38.4 Å². The number of aliphatic hydroxyl groups is 1. The van der Waals surface area contributed by atoms with Gasteiger partial charge in [0.25, 0.3) is 0 Å². The average Bonchev–Trinajstić information content (AvgIpc) is 0.904. The molecule has 7 aromatic carbocycles. The van der Waals surface area contributed by atoms with Gasteiger partial charge in [0.15, 0.2) is 0 Å². The molecule has 0 radical (unpaired) electrons. The molecule has 24 heteroatoms. The minimum atomic E-state index is -1.03. The van der Waals surface area contributed by atoms with Crippen LogP contribution in [0.25, 0.3) is 10.8 Å². The Morgan fingerprint density at radius 1 is 0.368 bits per heavy atom. The van der Waals surface area contributed by atoms with Gasteiger partial charge in [-0.3, -0.25) is 0 Å². The standard InChI is InChI=1S/C38H38O10.C33H28O14/c1-3-36(39)44-23-7-5-21-42-31-13-9-28(10-14-31)38(41)48-35-16-12-29-25-34(15-11-30(29)26-35)47-27-46-33-19-17-32(18-20-33)43-22-6-8-24-45-37(40)4-2;1-4-28(34)40-16-18-42-32(38)45-24-10-6-22(7-11-24)30(36)44-26-14-15-27(21(3)20-26)47-31(37)23-8-12-25(13-9-23)46-33(39)43-19-17-41-29(35)5-2/h3,9-20,25-26,40H,1-2,5-8,21-24,27H2;4-15,20H,1-2,16-19H2,3H3. The number of esters is 6. The summed E-state index contributed by atoms with van der Waals surface area (Å²) < 4.78 is 78.1. The fourth-order valence-corrected chi connectivity index (χ4v) is 7.59. The zero-order valence-electron chi connectivity index (χ0n) is 51.5. The van der Waals surface area contributed by atoms with E-state index in [1.165, 1.54) is 66.7 Å². The van der Waals surface area contributed by atoms with E-state index in [2.05, 4.69) is 41.5 Å². The highest BCUT2D eigenvalue weighted by Gasteiger charge is 2.17. The quantitative estimate of drug-likeness (QED) is 0.00451. The monoisotopic (exact) mass is 1300 g/mol. The zero-order valence-corrected chi connectivity index (χ0v) is 51.5. The van der Waals surface area contributed by atoms with Crippen molar-refractivity contribution < 1.29 is 115 Å². The van der Waals surface area contributed by atoms with Crippen LogP contribution in [0.4, 0.5) is 9.59 Å². The maximum Gasteiger partial charge on any atom is 0.513 e. The highest BCUT2D eigenvalue weighted by Crippen LogP contribution is 2.29. The number of aliphatic hydroxyl groups excluding tert-OH is 1. The highest BCUT2D eigenvalue weighted by atomic mass is 16.7. The molecule has 0 aliphatic rings. The molecule has 0 bridgehead atoms. The molecule has 0 saturated heterocycles. The second kappa shape index (κ2) is 39.1. The fraction of sp³-hybridized carbons (Fsp3) is 0.197. The van der Waals surface area contributed by atoms with Crippen LogP contribution in [0.5, 0.6) is 51.7 Å². The Balaban J connectivity index is 0.000000301. The van der Waals surface area contributed by atoms with Crippen LogP contribution in [0.2, 0.25) is 0 Å². The summed E-state index contributed by atoms with van der Waals surface area (Å²) >= 11 is 0. The average molecular weight is 1300 g/mol. The van der Waals surface area contributed by atoms with Gasteiger partial charge in [-0.1, -0.05) is 31.9 Å². The van der Waals surface area contributed by atoms with Crippen LogP contribution in [0.15, 0.2) is 208 Å². The van der Waals surface area contributed by atoms with Crippen LogP contribution in [-0.4, -0.2) is 113 Å². The summed E-state index contributed by atoms with van der Waals surface area (Å²) in [4.78, 5) is 94.4. The van der Waals surface area contributed by atoms with E-state index in [4.69, 9.17) is 66.7 Å². The molecule has 494 valence electrons. The Bertz CT molecular complexity index is 3810. The molecule has 95 heavy (non-hydrogen) atoms. The minimum absolute atomic E-state index is 0.0183. The first-order valence-corrected chi connectivity index (χ1v) is 29.0.